The third-order valence-corrected chi connectivity index (χ3v) is 3.78. The van der Waals surface area contributed by atoms with E-state index in [-0.39, 0.29) is 0 Å². The molecule has 7 heteroatoms. The minimum absolute atomic E-state index is 0.461. The van der Waals surface area contributed by atoms with E-state index in [1.807, 2.05) is 6.92 Å². The lowest BCUT2D eigenvalue weighted by Gasteiger charge is -2.39. The molecule has 0 saturated carbocycles. The fraction of sp³-hybridized carbons (Fsp3) is 0.600. The number of hydrogen-bond donors (Lipinski definition) is 4. The molecule has 5 atom stereocenters. The van der Waals surface area contributed by atoms with Crippen molar-refractivity contribution >= 4 is 0 Å². The molecular weight excluding hydrogens is 292 g/mol. The number of aryl methyl sites for hydroxylation is 2. The fourth-order valence-corrected chi connectivity index (χ4v) is 2.40. The molecule has 22 heavy (non-hydrogen) atoms. The maximum absolute atomic E-state index is 9.98. The van der Waals surface area contributed by atoms with Gasteiger partial charge in [-0.15, -0.1) is 0 Å². The monoisotopic (exact) mass is 314 g/mol. The first-order valence-corrected chi connectivity index (χ1v) is 7.01. The van der Waals surface area contributed by atoms with Gasteiger partial charge in [0, 0.05) is 0 Å². The normalized spacial score (nSPS) is 31.9. The molecule has 2 rings (SSSR count). The SMILES string of the molecule is COc1cc(C)c(OC2OC(CO)C(O)C(O)C2O)cc1C. The van der Waals surface area contributed by atoms with Gasteiger partial charge in [-0.1, -0.05) is 0 Å². The van der Waals surface area contributed by atoms with E-state index in [1.165, 1.54) is 0 Å². The first-order chi connectivity index (χ1) is 10.4. The summed E-state index contributed by atoms with van der Waals surface area (Å²) in [6, 6.07) is 3.52. The predicted octanol–water partition coefficient (Wildman–Crippen LogP) is -0.509. The van der Waals surface area contributed by atoms with Crippen molar-refractivity contribution in [3.05, 3.63) is 23.3 Å². The first-order valence-electron chi connectivity index (χ1n) is 7.01. The summed E-state index contributed by atoms with van der Waals surface area (Å²) in [5.41, 5.74) is 1.60. The van der Waals surface area contributed by atoms with Crippen molar-refractivity contribution in [3.63, 3.8) is 0 Å². The molecule has 0 amide bonds. The van der Waals surface area contributed by atoms with Gasteiger partial charge in [-0.25, -0.2) is 0 Å². The third kappa shape index (κ3) is 3.18. The van der Waals surface area contributed by atoms with Crippen LogP contribution < -0.4 is 9.47 Å². The Morgan fingerprint density at radius 2 is 1.59 bits per heavy atom. The molecule has 1 aliphatic rings. The number of methoxy groups -OCH3 is 1. The second-order valence-corrected chi connectivity index (χ2v) is 5.40. The van der Waals surface area contributed by atoms with E-state index < -0.39 is 37.3 Å². The topological polar surface area (TPSA) is 109 Å². The highest BCUT2D eigenvalue weighted by molar-refractivity contribution is 5.45. The van der Waals surface area contributed by atoms with Gasteiger partial charge in [0.05, 0.1) is 13.7 Å². The molecule has 1 saturated heterocycles. The molecule has 4 N–H and O–H groups in total. The van der Waals surface area contributed by atoms with E-state index >= 15 is 0 Å². The number of ether oxygens (including phenoxy) is 3. The first kappa shape index (κ1) is 17.0. The Kier molecular flexibility index (Phi) is 5.25. The van der Waals surface area contributed by atoms with Gasteiger partial charge in [-0.05, 0) is 37.1 Å². The quantitative estimate of drug-likeness (QED) is 0.593. The van der Waals surface area contributed by atoms with Gasteiger partial charge < -0.3 is 34.6 Å². The van der Waals surface area contributed by atoms with Crippen LogP contribution in [0.1, 0.15) is 11.1 Å². The van der Waals surface area contributed by atoms with Crippen molar-refractivity contribution in [3.8, 4) is 11.5 Å². The predicted molar refractivity (Wildman–Crippen MR) is 76.9 cm³/mol. The van der Waals surface area contributed by atoms with E-state index in [1.54, 1.807) is 26.2 Å². The Balaban J connectivity index is 2.21. The molecule has 1 aromatic carbocycles. The van der Waals surface area contributed by atoms with E-state index in [0.29, 0.717) is 11.5 Å². The molecule has 0 aliphatic carbocycles. The summed E-state index contributed by atoms with van der Waals surface area (Å²) in [7, 11) is 1.57. The molecule has 1 fully saturated rings. The van der Waals surface area contributed by atoms with Gasteiger partial charge in [-0.3, -0.25) is 0 Å². The largest absolute Gasteiger partial charge is 0.496 e. The van der Waals surface area contributed by atoms with Crippen molar-refractivity contribution in [2.24, 2.45) is 0 Å². The summed E-state index contributed by atoms with van der Waals surface area (Å²) in [4.78, 5) is 0. The minimum atomic E-state index is -1.46. The summed E-state index contributed by atoms with van der Waals surface area (Å²) in [5.74, 6) is 1.17. The van der Waals surface area contributed by atoms with Gasteiger partial charge in [0.25, 0.3) is 0 Å². The van der Waals surface area contributed by atoms with Crippen LogP contribution in [-0.2, 0) is 4.74 Å². The van der Waals surface area contributed by atoms with Crippen LogP contribution in [0.15, 0.2) is 12.1 Å². The second-order valence-electron chi connectivity index (χ2n) is 5.40. The Bertz CT molecular complexity index is 517. The lowest BCUT2D eigenvalue weighted by atomic mass is 9.99. The van der Waals surface area contributed by atoms with Gasteiger partial charge in [-0.2, -0.15) is 0 Å². The molecule has 0 radical (unpaired) electrons. The van der Waals surface area contributed by atoms with Gasteiger partial charge in [0.1, 0.15) is 35.9 Å². The molecule has 1 aliphatic heterocycles. The number of aliphatic hydroxyl groups is 4. The summed E-state index contributed by atoms with van der Waals surface area (Å²) in [6.07, 6.45) is -6.49. The minimum Gasteiger partial charge on any atom is -0.496 e. The lowest BCUT2D eigenvalue weighted by molar-refractivity contribution is -0.277. The fourth-order valence-electron chi connectivity index (χ4n) is 2.40. The van der Waals surface area contributed by atoms with Crippen LogP contribution in [-0.4, -0.2) is 64.8 Å². The van der Waals surface area contributed by atoms with Crippen molar-refractivity contribution in [1.29, 1.82) is 0 Å². The molecule has 1 heterocycles. The molecular formula is C15H22O7. The summed E-state index contributed by atoms with van der Waals surface area (Å²) >= 11 is 0. The van der Waals surface area contributed by atoms with Crippen LogP contribution in [0.25, 0.3) is 0 Å². The van der Waals surface area contributed by atoms with Crippen LogP contribution in [0, 0.1) is 13.8 Å². The van der Waals surface area contributed by atoms with Crippen LogP contribution in [0.5, 0.6) is 11.5 Å². The number of rotatable bonds is 4. The molecule has 5 unspecified atom stereocenters. The van der Waals surface area contributed by atoms with Crippen LogP contribution in [0.2, 0.25) is 0 Å². The highest BCUT2D eigenvalue weighted by Gasteiger charge is 2.44. The van der Waals surface area contributed by atoms with Crippen molar-refractivity contribution < 1.29 is 34.6 Å². The average molecular weight is 314 g/mol. The Morgan fingerprint density at radius 1 is 1.00 bits per heavy atom. The van der Waals surface area contributed by atoms with Gasteiger partial charge >= 0.3 is 0 Å². The molecule has 0 spiro atoms. The number of benzene rings is 1. The molecule has 0 bridgehead atoms. The molecule has 1 aromatic rings. The summed E-state index contributed by atoms with van der Waals surface area (Å²) in [6.45, 7) is 3.16. The van der Waals surface area contributed by atoms with E-state index in [0.717, 1.165) is 11.1 Å². The van der Waals surface area contributed by atoms with E-state index in [9.17, 15) is 15.3 Å². The van der Waals surface area contributed by atoms with Crippen molar-refractivity contribution in [1.82, 2.24) is 0 Å². The zero-order valence-corrected chi connectivity index (χ0v) is 12.8. The summed E-state index contributed by atoms with van der Waals surface area (Å²) in [5, 5.41) is 38.6. The maximum Gasteiger partial charge on any atom is 0.229 e. The standard InChI is InChI=1S/C15H22O7/c1-7-5-10(8(2)4-9(7)20-3)21-15-14(19)13(18)12(17)11(6-16)22-15/h4-5,11-19H,6H2,1-3H3. The lowest BCUT2D eigenvalue weighted by Crippen LogP contribution is -2.60. The molecule has 7 nitrogen and oxygen atoms in total. The van der Waals surface area contributed by atoms with Gasteiger partial charge in [0.2, 0.25) is 6.29 Å². The number of hydrogen-bond acceptors (Lipinski definition) is 7. The van der Waals surface area contributed by atoms with Crippen LogP contribution in [0.3, 0.4) is 0 Å². The molecule has 124 valence electrons. The van der Waals surface area contributed by atoms with E-state index in [2.05, 4.69) is 0 Å². The Labute approximate surface area is 128 Å². The zero-order chi connectivity index (χ0) is 16.4. The summed E-state index contributed by atoms with van der Waals surface area (Å²) < 4.78 is 16.2. The average Bonchev–Trinajstić information content (AvgIpc) is 2.50. The number of aliphatic hydroxyl groups excluding tert-OH is 4. The highest BCUT2D eigenvalue weighted by atomic mass is 16.7. The molecule has 0 aromatic heterocycles. The third-order valence-electron chi connectivity index (χ3n) is 3.78. The Morgan fingerprint density at radius 3 is 2.18 bits per heavy atom. The second kappa shape index (κ2) is 6.80. The van der Waals surface area contributed by atoms with Gasteiger partial charge in [0.15, 0.2) is 0 Å². The van der Waals surface area contributed by atoms with Crippen LogP contribution >= 0.6 is 0 Å². The van der Waals surface area contributed by atoms with Crippen molar-refractivity contribution in [2.75, 3.05) is 13.7 Å². The Hall–Kier alpha value is -1.38. The highest BCUT2D eigenvalue weighted by Crippen LogP contribution is 2.30. The maximum atomic E-state index is 9.98. The van der Waals surface area contributed by atoms with E-state index in [4.69, 9.17) is 19.3 Å². The smallest absolute Gasteiger partial charge is 0.229 e. The zero-order valence-electron chi connectivity index (χ0n) is 12.8. The van der Waals surface area contributed by atoms with Crippen molar-refractivity contribution in [2.45, 2.75) is 44.6 Å². The van der Waals surface area contributed by atoms with Crippen LogP contribution in [0.4, 0.5) is 0 Å².